The molecule has 2 nitrogen and oxygen atoms in total. The second kappa shape index (κ2) is 4.86. The Morgan fingerprint density at radius 3 is 2.76 bits per heavy atom. The van der Waals surface area contributed by atoms with Crippen molar-refractivity contribution in [2.45, 2.75) is 26.8 Å². The minimum atomic E-state index is -0.245. The highest BCUT2D eigenvalue weighted by atomic mass is 19.1. The molecule has 3 heteroatoms. The third-order valence-electron chi connectivity index (χ3n) is 3.38. The molecule has 0 spiro atoms. The second-order valence-electron chi connectivity index (χ2n) is 4.80. The summed E-state index contributed by atoms with van der Waals surface area (Å²) in [6, 6.07) is 6.45. The van der Waals surface area contributed by atoms with Gasteiger partial charge in [-0.2, -0.15) is 0 Å². The largest absolute Gasteiger partial charge is 0.338 e. The van der Waals surface area contributed by atoms with Gasteiger partial charge < -0.3 is 4.90 Å². The number of amides is 1. The van der Waals surface area contributed by atoms with Gasteiger partial charge in [-0.1, -0.05) is 19.1 Å². The summed E-state index contributed by atoms with van der Waals surface area (Å²) in [6.07, 6.45) is 0.998. The Kier molecular flexibility index (Phi) is 3.46. The van der Waals surface area contributed by atoms with E-state index in [-0.39, 0.29) is 17.6 Å². The van der Waals surface area contributed by atoms with Crippen LogP contribution in [0.3, 0.4) is 0 Å². The Hall–Kier alpha value is -1.38. The zero-order valence-corrected chi connectivity index (χ0v) is 10.3. The molecule has 2 rings (SSSR count). The average molecular weight is 235 g/mol. The number of halogens is 1. The van der Waals surface area contributed by atoms with Crippen LogP contribution in [0.5, 0.6) is 0 Å². The van der Waals surface area contributed by atoms with Gasteiger partial charge in [-0.25, -0.2) is 4.39 Å². The van der Waals surface area contributed by atoms with E-state index in [0.717, 1.165) is 12.0 Å². The lowest BCUT2D eigenvalue weighted by Crippen LogP contribution is -2.31. The van der Waals surface area contributed by atoms with E-state index in [2.05, 4.69) is 6.92 Å². The highest BCUT2D eigenvalue weighted by Gasteiger charge is 2.41. The molecule has 17 heavy (non-hydrogen) atoms. The standard InChI is InChI=1S/C14H18FNO/c1-3-16(14(17)13-7-10(13)2)9-11-5-4-6-12(15)8-11/h4-6,8,10,13H,3,7,9H2,1-2H3/t10-,13+/m0/s1. The first-order valence-electron chi connectivity index (χ1n) is 6.15. The van der Waals surface area contributed by atoms with Crippen LogP contribution in [0.25, 0.3) is 0 Å². The normalized spacial score (nSPS) is 22.3. The van der Waals surface area contributed by atoms with E-state index in [1.165, 1.54) is 12.1 Å². The minimum absolute atomic E-state index is 0.198. The molecule has 2 atom stereocenters. The predicted molar refractivity (Wildman–Crippen MR) is 64.8 cm³/mol. The zero-order chi connectivity index (χ0) is 12.4. The van der Waals surface area contributed by atoms with Gasteiger partial charge >= 0.3 is 0 Å². The topological polar surface area (TPSA) is 20.3 Å². The van der Waals surface area contributed by atoms with Crippen LogP contribution in [0.4, 0.5) is 4.39 Å². The van der Waals surface area contributed by atoms with E-state index < -0.39 is 0 Å². The van der Waals surface area contributed by atoms with Crippen LogP contribution in [-0.2, 0) is 11.3 Å². The molecule has 1 saturated carbocycles. The van der Waals surface area contributed by atoms with Crippen molar-refractivity contribution in [3.05, 3.63) is 35.6 Å². The zero-order valence-electron chi connectivity index (χ0n) is 10.3. The van der Waals surface area contributed by atoms with Crippen LogP contribution in [0, 0.1) is 17.7 Å². The fourth-order valence-electron chi connectivity index (χ4n) is 2.10. The van der Waals surface area contributed by atoms with E-state index >= 15 is 0 Å². The van der Waals surface area contributed by atoms with Crippen molar-refractivity contribution < 1.29 is 9.18 Å². The van der Waals surface area contributed by atoms with Crippen molar-refractivity contribution >= 4 is 5.91 Å². The number of hydrogen-bond acceptors (Lipinski definition) is 1. The van der Waals surface area contributed by atoms with Crippen molar-refractivity contribution in [1.29, 1.82) is 0 Å². The quantitative estimate of drug-likeness (QED) is 0.785. The van der Waals surface area contributed by atoms with Gasteiger partial charge in [0.15, 0.2) is 0 Å². The molecule has 92 valence electrons. The Morgan fingerprint density at radius 2 is 2.24 bits per heavy atom. The molecule has 1 fully saturated rings. The summed E-state index contributed by atoms with van der Waals surface area (Å²) in [7, 11) is 0. The van der Waals surface area contributed by atoms with E-state index in [0.29, 0.717) is 19.0 Å². The van der Waals surface area contributed by atoms with Crippen LogP contribution in [-0.4, -0.2) is 17.4 Å². The Labute approximate surface area is 101 Å². The summed E-state index contributed by atoms with van der Waals surface area (Å²) < 4.78 is 13.1. The third kappa shape index (κ3) is 2.84. The third-order valence-corrected chi connectivity index (χ3v) is 3.38. The van der Waals surface area contributed by atoms with Gasteiger partial charge in [-0.3, -0.25) is 4.79 Å². The number of rotatable bonds is 4. The van der Waals surface area contributed by atoms with E-state index in [1.54, 1.807) is 6.07 Å². The molecule has 0 N–H and O–H groups in total. The predicted octanol–water partition coefficient (Wildman–Crippen LogP) is 2.83. The van der Waals surface area contributed by atoms with Crippen LogP contribution < -0.4 is 0 Å². The molecule has 1 aliphatic carbocycles. The Balaban J connectivity index is 2.02. The summed E-state index contributed by atoms with van der Waals surface area (Å²) in [4.78, 5) is 13.9. The monoisotopic (exact) mass is 235 g/mol. The summed E-state index contributed by atoms with van der Waals surface area (Å²) >= 11 is 0. The molecule has 0 heterocycles. The van der Waals surface area contributed by atoms with Crippen molar-refractivity contribution in [3.8, 4) is 0 Å². The number of carbonyl (C=O) groups is 1. The van der Waals surface area contributed by atoms with E-state index in [9.17, 15) is 9.18 Å². The maximum absolute atomic E-state index is 13.1. The number of benzene rings is 1. The molecular weight excluding hydrogens is 217 g/mol. The van der Waals surface area contributed by atoms with Crippen molar-refractivity contribution in [2.24, 2.45) is 11.8 Å². The smallest absolute Gasteiger partial charge is 0.226 e. The van der Waals surface area contributed by atoms with Gasteiger partial charge in [-0.15, -0.1) is 0 Å². The first kappa shape index (κ1) is 12.1. The molecule has 0 saturated heterocycles. The first-order valence-corrected chi connectivity index (χ1v) is 6.15. The van der Waals surface area contributed by atoms with Crippen LogP contribution in [0.1, 0.15) is 25.8 Å². The number of nitrogens with zero attached hydrogens (tertiary/aromatic N) is 1. The summed E-state index contributed by atoms with van der Waals surface area (Å²) in [6.45, 7) is 5.25. The van der Waals surface area contributed by atoms with Crippen LogP contribution in [0.2, 0.25) is 0 Å². The molecule has 1 aliphatic rings. The molecule has 1 aromatic rings. The SMILES string of the molecule is CCN(Cc1cccc(F)c1)C(=O)[C@@H]1C[C@@H]1C. The lowest BCUT2D eigenvalue weighted by atomic mass is 10.2. The highest BCUT2D eigenvalue weighted by Crippen LogP contribution is 2.39. The van der Waals surface area contributed by atoms with Crippen molar-refractivity contribution in [2.75, 3.05) is 6.54 Å². The highest BCUT2D eigenvalue weighted by molar-refractivity contribution is 5.81. The second-order valence-corrected chi connectivity index (χ2v) is 4.80. The maximum atomic E-state index is 13.1. The maximum Gasteiger partial charge on any atom is 0.226 e. The summed E-state index contributed by atoms with van der Waals surface area (Å²) in [5.41, 5.74) is 0.855. The fraction of sp³-hybridized carbons (Fsp3) is 0.500. The molecule has 0 unspecified atom stereocenters. The summed E-state index contributed by atoms with van der Waals surface area (Å²) in [5, 5.41) is 0. The molecule has 0 aromatic heterocycles. The van der Waals surface area contributed by atoms with Gasteiger partial charge in [0.1, 0.15) is 5.82 Å². The number of carbonyl (C=O) groups excluding carboxylic acids is 1. The first-order chi connectivity index (χ1) is 8.11. The van der Waals surface area contributed by atoms with Crippen molar-refractivity contribution in [3.63, 3.8) is 0 Å². The van der Waals surface area contributed by atoms with Gasteiger partial charge in [0.25, 0.3) is 0 Å². The van der Waals surface area contributed by atoms with Gasteiger partial charge in [-0.05, 0) is 37.0 Å². The lowest BCUT2D eigenvalue weighted by molar-refractivity contribution is -0.133. The lowest BCUT2D eigenvalue weighted by Gasteiger charge is -2.21. The molecule has 0 radical (unpaired) electrons. The average Bonchev–Trinajstić information content (AvgIpc) is 3.02. The minimum Gasteiger partial charge on any atom is -0.338 e. The van der Waals surface area contributed by atoms with Crippen LogP contribution in [0.15, 0.2) is 24.3 Å². The Bertz CT molecular complexity index is 418. The molecular formula is C14H18FNO. The molecule has 1 aromatic carbocycles. The fourth-order valence-corrected chi connectivity index (χ4v) is 2.10. The van der Waals surface area contributed by atoms with Crippen LogP contribution >= 0.6 is 0 Å². The summed E-state index contributed by atoms with van der Waals surface area (Å²) in [5.74, 6) is 0.683. The van der Waals surface area contributed by atoms with Gasteiger partial charge in [0, 0.05) is 19.0 Å². The van der Waals surface area contributed by atoms with Gasteiger partial charge in [0.05, 0.1) is 0 Å². The van der Waals surface area contributed by atoms with Crippen molar-refractivity contribution in [1.82, 2.24) is 4.90 Å². The van der Waals surface area contributed by atoms with E-state index in [1.807, 2.05) is 17.9 Å². The van der Waals surface area contributed by atoms with Gasteiger partial charge in [0.2, 0.25) is 5.91 Å². The van der Waals surface area contributed by atoms with E-state index in [4.69, 9.17) is 0 Å². The molecule has 0 bridgehead atoms. The molecule has 1 amide bonds. The number of hydrogen-bond donors (Lipinski definition) is 0. The Morgan fingerprint density at radius 1 is 1.53 bits per heavy atom. The molecule has 0 aliphatic heterocycles.